The molecule has 0 radical (unpaired) electrons. The Morgan fingerprint density at radius 2 is 0.487 bits per heavy atom. The van der Waals surface area contributed by atoms with Crippen LogP contribution in [0.25, 0.3) is 0 Å². The maximum absolute atomic E-state index is 12.9. The minimum Gasteiger partial charge on any atom is -0.462 e. The highest BCUT2D eigenvalue weighted by Crippen LogP contribution is 2.17. The second kappa shape index (κ2) is 68.1. The average molecular weight is 1120 g/mol. The molecule has 0 aliphatic heterocycles. The van der Waals surface area contributed by atoms with Gasteiger partial charge in [0.1, 0.15) is 13.2 Å². The molecule has 0 amide bonds. The maximum atomic E-state index is 12.9. The SMILES string of the molecule is CC/C=C\C/C=C\C/C=C\C/C=C\C/C=C\CCCCCCCCCCCCCCCCCC(=O)OCC(COC(=O)CCCCCCCCCCCC)OC(=O)CCCCCCCCCCC/C=C\C/C=C\CCCCCCC. The number of carbonyl (C=O) groups is 3. The topological polar surface area (TPSA) is 78.9 Å². The van der Waals surface area contributed by atoms with Crippen LogP contribution >= 0.6 is 0 Å². The fourth-order valence-electron chi connectivity index (χ4n) is 9.97. The summed E-state index contributed by atoms with van der Waals surface area (Å²) in [6.45, 7) is 6.54. The van der Waals surface area contributed by atoms with E-state index in [2.05, 4.69) is 106 Å². The van der Waals surface area contributed by atoms with Crippen LogP contribution in [0.2, 0.25) is 0 Å². The van der Waals surface area contributed by atoms with Gasteiger partial charge in [-0.25, -0.2) is 0 Å². The van der Waals surface area contributed by atoms with Crippen molar-refractivity contribution in [2.75, 3.05) is 13.2 Å². The van der Waals surface area contributed by atoms with Crippen molar-refractivity contribution in [3.8, 4) is 0 Å². The quantitative estimate of drug-likeness (QED) is 0.0261. The number of rotatable bonds is 63. The third kappa shape index (κ3) is 65.4. The van der Waals surface area contributed by atoms with Gasteiger partial charge in [-0.1, -0.05) is 318 Å². The highest BCUT2D eigenvalue weighted by molar-refractivity contribution is 5.71. The Hall–Kier alpha value is -3.41. The molecule has 80 heavy (non-hydrogen) atoms. The van der Waals surface area contributed by atoms with Crippen molar-refractivity contribution < 1.29 is 28.6 Å². The molecule has 1 unspecified atom stereocenters. The molecule has 0 saturated heterocycles. The number of unbranched alkanes of at least 4 members (excludes halogenated alkanes) is 38. The van der Waals surface area contributed by atoms with Crippen molar-refractivity contribution >= 4 is 17.9 Å². The Bertz CT molecular complexity index is 1520. The molecule has 0 N–H and O–H groups in total. The summed E-state index contributed by atoms with van der Waals surface area (Å²) < 4.78 is 16.9. The number of hydrogen-bond acceptors (Lipinski definition) is 6. The number of ether oxygens (including phenoxy) is 3. The van der Waals surface area contributed by atoms with Crippen molar-refractivity contribution in [2.24, 2.45) is 0 Å². The van der Waals surface area contributed by atoms with Crippen molar-refractivity contribution in [3.63, 3.8) is 0 Å². The van der Waals surface area contributed by atoms with Gasteiger partial charge in [-0.3, -0.25) is 14.4 Å². The second-order valence-corrected chi connectivity index (χ2v) is 23.1. The Morgan fingerprint density at radius 3 is 0.762 bits per heavy atom. The molecule has 0 rings (SSSR count). The zero-order valence-corrected chi connectivity index (χ0v) is 53.1. The van der Waals surface area contributed by atoms with Crippen molar-refractivity contribution in [3.05, 3.63) is 85.1 Å². The minimum atomic E-state index is -0.776. The van der Waals surface area contributed by atoms with E-state index in [1.165, 1.54) is 212 Å². The lowest BCUT2D eigenvalue weighted by Gasteiger charge is -2.18. The molecular weight excluding hydrogens is 985 g/mol. The van der Waals surface area contributed by atoms with Gasteiger partial charge in [0.05, 0.1) is 0 Å². The fourth-order valence-corrected chi connectivity index (χ4v) is 9.97. The first-order valence-corrected chi connectivity index (χ1v) is 34.6. The molecule has 0 fully saturated rings. The van der Waals surface area contributed by atoms with Crippen LogP contribution in [0.5, 0.6) is 0 Å². The third-order valence-corrected chi connectivity index (χ3v) is 15.1. The molecule has 462 valence electrons. The Balaban J connectivity index is 4.16. The van der Waals surface area contributed by atoms with Gasteiger partial charge in [0.15, 0.2) is 6.10 Å². The lowest BCUT2D eigenvalue weighted by atomic mass is 10.0. The van der Waals surface area contributed by atoms with Gasteiger partial charge >= 0.3 is 17.9 Å². The highest BCUT2D eigenvalue weighted by atomic mass is 16.6. The summed E-state index contributed by atoms with van der Waals surface area (Å²) in [5, 5.41) is 0. The Morgan fingerprint density at radius 1 is 0.263 bits per heavy atom. The summed E-state index contributed by atoms with van der Waals surface area (Å²) in [6.07, 6.45) is 90.4. The van der Waals surface area contributed by atoms with Gasteiger partial charge < -0.3 is 14.2 Å². The van der Waals surface area contributed by atoms with E-state index in [9.17, 15) is 14.4 Å². The monoisotopic (exact) mass is 1110 g/mol. The summed E-state index contributed by atoms with van der Waals surface area (Å²) in [6, 6.07) is 0. The summed E-state index contributed by atoms with van der Waals surface area (Å²) in [7, 11) is 0. The van der Waals surface area contributed by atoms with Crippen molar-refractivity contribution in [1.29, 1.82) is 0 Å². The molecule has 0 aliphatic carbocycles. The zero-order valence-electron chi connectivity index (χ0n) is 53.1. The molecular formula is C74H130O6. The predicted molar refractivity (Wildman–Crippen MR) is 348 cm³/mol. The van der Waals surface area contributed by atoms with E-state index >= 15 is 0 Å². The zero-order chi connectivity index (χ0) is 57.8. The molecule has 0 spiro atoms. The van der Waals surface area contributed by atoms with Crippen LogP contribution in [0.1, 0.15) is 348 Å². The fraction of sp³-hybridized carbons (Fsp3) is 0.770. The minimum absolute atomic E-state index is 0.0734. The predicted octanol–water partition coefficient (Wildman–Crippen LogP) is 23.8. The first-order valence-electron chi connectivity index (χ1n) is 34.6. The van der Waals surface area contributed by atoms with Crippen LogP contribution in [-0.4, -0.2) is 37.2 Å². The van der Waals surface area contributed by atoms with E-state index < -0.39 is 6.10 Å². The van der Waals surface area contributed by atoms with Crippen LogP contribution < -0.4 is 0 Å². The van der Waals surface area contributed by atoms with Crippen molar-refractivity contribution in [2.45, 2.75) is 354 Å². The molecule has 6 nitrogen and oxygen atoms in total. The molecule has 0 aliphatic rings. The summed E-state index contributed by atoms with van der Waals surface area (Å²) in [5.41, 5.74) is 0. The van der Waals surface area contributed by atoms with Gasteiger partial charge in [-0.05, 0) is 96.3 Å². The maximum Gasteiger partial charge on any atom is 0.306 e. The van der Waals surface area contributed by atoms with E-state index in [1.54, 1.807) is 0 Å². The number of esters is 3. The van der Waals surface area contributed by atoms with Crippen LogP contribution in [0, 0.1) is 0 Å². The molecule has 0 aromatic heterocycles. The van der Waals surface area contributed by atoms with Gasteiger partial charge in [0.2, 0.25) is 0 Å². The van der Waals surface area contributed by atoms with Crippen LogP contribution in [0.4, 0.5) is 0 Å². The second-order valence-electron chi connectivity index (χ2n) is 23.1. The van der Waals surface area contributed by atoms with E-state index in [4.69, 9.17) is 14.2 Å². The summed E-state index contributed by atoms with van der Waals surface area (Å²) in [5.74, 6) is -0.862. The molecule has 0 aromatic rings. The Labute approximate surface area is 496 Å². The number of allylic oxidation sites excluding steroid dienone is 14. The largest absolute Gasteiger partial charge is 0.462 e. The van der Waals surface area contributed by atoms with Crippen molar-refractivity contribution in [1.82, 2.24) is 0 Å². The van der Waals surface area contributed by atoms with E-state index in [1.807, 2.05) is 0 Å². The highest BCUT2D eigenvalue weighted by Gasteiger charge is 2.19. The molecule has 0 aromatic carbocycles. The van der Waals surface area contributed by atoms with E-state index in [-0.39, 0.29) is 31.1 Å². The smallest absolute Gasteiger partial charge is 0.306 e. The summed E-state index contributed by atoms with van der Waals surface area (Å²) in [4.78, 5) is 38.3. The average Bonchev–Trinajstić information content (AvgIpc) is 3.46. The number of carbonyl (C=O) groups excluding carboxylic acids is 3. The first kappa shape index (κ1) is 76.6. The number of hydrogen-bond donors (Lipinski definition) is 0. The van der Waals surface area contributed by atoms with Crippen LogP contribution in [-0.2, 0) is 28.6 Å². The lowest BCUT2D eigenvalue weighted by Crippen LogP contribution is -2.30. The molecule has 6 heteroatoms. The first-order chi connectivity index (χ1) is 39.5. The van der Waals surface area contributed by atoms with Gasteiger partial charge in [0, 0.05) is 19.3 Å². The van der Waals surface area contributed by atoms with Crippen LogP contribution in [0.3, 0.4) is 0 Å². The van der Waals surface area contributed by atoms with Crippen LogP contribution in [0.15, 0.2) is 85.1 Å². The van der Waals surface area contributed by atoms with Gasteiger partial charge in [0.25, 0.3) is 0 Å². The van der Waals surface area contributed by atoms with Gasteiger partial charge in [-0.2, -0.15) is 0 Å². The molecule has 0 bridgehead atoms. The van der Waals surface area contributed by atoms with Gasteiger partial charge in [-0.15, -0.1) is 0 Å². The molecule has 0 heterocycles. The normalized spacial score (nSPS) is 12.6. The van der Waals surface area contributed by atoms with E-state index in [0.717, 1.165) is 96.3 Å². The summed E-state index contributed by atoms with van der Waals surface area (Å²) >= 11 is 0. The molecule has 0 saturated carbocycles. The van der Waals surface area contributed by atoms with E-state index in [0.29, 0.717) is 19.3 Å². The molecule has 1 atom stereocenters. The standard InChI is InChI=1S/C74H130O6/c1-4-7-10-13-16-19-22-24-26-28-30-32-33-34-35-36-37-38-39-40-41-43-44-46-48-50-52-55-58-61-64-67-73(76)79-70-71(69-78-72(75)66-63-60-57-54-21-18-15-12-9-6-3)80-74(77)68-65-62-59-56-53-51-49-47-45-42-31-29-27-25-23-20-17-14-11-8-5-2/h7,10,16,19,23-26,29-32,34-35,71H,4-6,8-9,11-15,17-18,20-22,27-28,33,36-70H2,1-3H3/b10-7-,19-16-,25-23-,26-24-,31-29-,32-30-,35-34-. The lowest BCUT2D eigenvalue weighted by molar-refractivity contribution is -0.167. The third-order valence-electron chi connectivity index (χ3n) is 15.1. The Kier molecular flexibility index (Phi) is 65.2.